The van der Waals surface area contributed by atoms with Crippen molar-refractivity contribution in [3.8, 4) is 0 Å². The molecule has 0 aliphatic carbocycles. The van der Waals surface area contributed by atoms with Gasteiger partial charge in [0.05, 0.1) is 17.8 Å². The third-order valence-electron chi connectivity index (χ3n) is 2.22. The summed E-state index contributed by atoms with van der Waals surface area (Å²) in [5, 5.41) is 8.76. The molecular formula is C10H11N3O3. The average molecular weight is 221 g/mol. The summed E-state index contributed by atoms with van der Waals surface area (Å²) in [7, 11) is 0. The molecule has 0 aliphatic rings. The number of hydrogen-bond acceptors (Lipinski definition) is 5. The molecule has 2 heterocycles. The highest BCUT2D eigenvalue weighted by atomic mass is 16.4. The predicted molar refractivity (Wildman–Crippen MR) is 56.7 cm³/mol. The van der Waals surface area contributed by atoms with Crippen LogP contribution in [0.25, 0.3) is 11.2 Å². The summed E-state index contributed by atoms with van der Waals surface area (Å²) < 4.78 is 5.30. The van der Waals surface area contributed by atoms with Gasteiger partial charge < -0.3 is 15.3 Å². The van der Waals surface area contributed by atoms with Crippen LogP contribution in [0.3, 0.4) is 0 Å². The lowest BCUT2D eigenvalue weighted by Crippen LogP contribution is -2.12. The molecule has 6 heteroatoms. The number of rotatable bonds is 3. The molecule has 6 nitrogen and oxygen atoms in total. The van der Waals surface area contributed by atoms with Gasteiger partial charge in [0.2, 0.25) is 5.71 Å². The quantitative estimate of drug-likeness (QED) is 0.803. The van der Waals surface area contributed by atoms with Gasteiger partial charge in [-0.3, -0.25) is 4.79 Å². The summed E-state index contributed by atoms with van der Waals surface area (Å²) in [4.78, 5) is 18.7. The maximum atomic E-state index is 10.7. The molecule has 2 aromatic heterocycles. The Bertz CT molecular complexity index is 535. The highest BCUT2D eigenvalue weighted by molar-refractivity contribution is 5.72. The number of nitrogen functional groups attached to an aromatic ring is 1. The number of carbonyl (C=O) groups is 1. The van der Waals surface area contributed by atoms with E-state index in [1.165, 1.54) is 6.20 Å². The van der Waals surface area contributed by atoms with Gasteiger partial charge in [0, 0.05) is 6.42 Å². The Kier molecular flexibility index (Phi) is 2.47. The summed E-state index contributed by atoms with van der Waals surface area (Å²) in [5.74, 6) is -1.05. The summed E-state index contributed by atoms with van der Waals surface area (Å²) in [6.07, 6.45) is 1.71. The standard InChI is InChI=1S/C10H11N3O3/c1-5(10(14)15)2-8-13-7-3-6(11)4-12-9(7)16-8/h3-5H,2,11H2,1H3,(H,14,15). The molecular weight excluding hydrogens is 210 g/mol. The SMILES string of the molecule is CC(Cc1nc2cc(N)cnc2o1)C(=O)O. The number of pyridine rings is 1. The van der Waals surface area contributed by atoms with Crippen LogP contribution < -0.4 is 5.73 Å². The molecule has 0 spiro atoms. The van der Waals surface area contributed by atoms with Gasteiger partial charge in [0.15, 0.2) is 5.89 Å². The molecule has 0 saturated heterocycles. The Labute approximate surface area is 91.1 Å². The van der Waals surface area contributed by atoms with E-state index in [0.29, 0.717) is 22.8 Å². The van der Waals surface area contributed by atoms with Crippen LogP contribution >= 0.6 is 0 Å². The smallest absolute Gasteiger partial charge is 0.306 e. The molecule has 0 fully saturated rings. The van der Waals surface area contributed by atoms with Gasteiger partial charge in [-0.15, -0.1) is 0 Å². The fourth-order valence-corrected chi connectivity index (χ4v) is 1.32. The van der Waals surface area contributed by atoms with E-state index in [1.54, 1.807) is 13.0 Å². The normalized spacial score (nSPS) is 12.8. The van der Waals surface area contributed by atoms with E-state index in [2.05, 4.69) is 9.97 Å². The zero-order valence-electron chi connectivity index (χ0n) is 8.67. The summed E-state index contributed by atoms with van der Waals surface area (Å²) in [6, 6.07) is 1.64. The second-order valence-corrected chi connectivity index (χ2v) is 3.64. The fourth-order valence-electron chi connectivity index (χ4n) is 1.32. The minimum atomic E-state index is -0.880. The van der Waals surface area contributed by atoms with Crippen molar-refractivity contribution in [2.24, 2.45) is 5.92 Å². The zero-order chi connectivity index (χ0) is 11.7. The third kappa shape index (κ3) is 1.95. The van der Waals surface area contributed by atoms with Gasteiger partial charge in [-0.2, -0.15) is 0 Å². The number of oxazole rings is 1. The highest BCUT2D eigenvalue weighted by Gasteiger charge is 2.16. The molecule has 1 unspecified atom stereocenters. The molecule has 84 valence electrons. The Morgan fingerprint density at radius 2 is 2.44 bits per heavy atom. The van der Waals surface area contributed by atoms with Gasteiger partial charge >= 0.3 is 5.97 Å². The van der Waals surface area contributed by atoms with Crippen molar-refractivity contribution in [2.45, 2.75) is 13.3 Å². The summed E-state index contributed by atoms with van der Waals surface area (Å²) >= 11 is 0. The maximum absolute atomic E-state index is 10.7. The van der Waals surface area contributed by atoms with E-state index in [-0.39, 0.29) is 6.42 Å². The number of carboxylic acid groups (broad SMARTS) is 1. The lowest BCUT2D eigenvalue weighted by Gasteiger charge is -2.00. The summed E-state index contributed by atoms with van der Waals surface area (Å²) in [6.45, 7) is 1.60. The largest absolute Gasteiger partial charge is 0.481 e. The molecule has 3 N–H and O–H groups in total. The molecule has 0 bridgehead atoms. The van der Waals surface area contributed by atoms with E-state index in [4.69, 9.17) is 15.3 Å². The molecule has 0 aliphatic heterocycles. The number of aromatic nitrogens is 2. The van der Waals surface area contributed by atoms with Crippen LogP contribution in [0.2, 0.25) is 0 Å². The third-order valence-corrected chi connectivity index (χ3v) is 2.22. The number of hydrogen-bond donors (Lipinski definition) is 2. The first-order chi connectivity index (χ1) is 7.56. The van der Waals surface area contributed by atoms with E-state index in [1.807, 2.05) is 0 Å². The summed E-state index contributed by atoms with van der Waals surface area (Å²) in [5.41, 5.74) is 6.97. The number of nitrogens with zero attached hydrogens (tertiary/aromatic N) is 2. The van der Waals surface area contributed by atoms with Gasteiger partial charge in [-0.05, 0) is 6.07 Å². The van der Waals surface area contributed by atoms with E-state index in [9.17, 15) is 4.79 Å². The molecule has 2 rings (SSSR count). The second-order valence-electron chi connectivity index (χ2n) is 3.64. The molecule has 0 amide bonds. The highest BCUT2D eigenvalue weighted by Crippen LogP contribution is 2.17. The molecule has 0 saturated carbocycles. The van der Waals surface area contributed by atoms with Gasteiger partial charge in [0.25, 0.3) is 0 Å². The first kappa shape index (κ1) is 10.4. The Morgan fingerprint density at radius 3 is 3.12 bits per heavy atom. The Hall–Kier alpha value is -2.11. The van der Waals surface area contributed by atoms with Crippen molar-refractivity contribution < 1.29 is 14.3 Å². The lowest BCUT2D eigenvalue weighted by atomic mass is 10.1. The maximum Gasteiger partial charge on any atom is 0.306 e. The predicted octanol–water partition coefficient (Wildman–Crippen LogP) is 1.07. The second kappa shape index (κ2) is 3.80. The number of nitrogens with two attached hydrogens (primary N) is 1. The van der Waals surface area contributed by atoms with Crippen molar-refractivity contribution in [3.63, 3.8) is 0 Å². The molecule has 0 aromatic carbocycles. The number of carboxylic acids is 1. The van der Waals surface area contributed by atoms with Crippen LogP contribution in [0.15, 0.2) is 16.7 Å². The first-order valence-electron chi connectivity index (χ1n) is 4.80. The monoisotopic (exact) mass is 221 g/mol. The van der Waals surface area contributed by atoms with Crippen LogP contribution in [-0.2, 0) is 11.2 Å². The minimum absolute atomic E-state index is 0.242. The Morgan fingerprint density at radius 1 is 1.69 bits per heavy atom. The van der Waals surface area contributed by atoms with E-state index in [0.717, 1.165) is 0 Å². The van der Waals surface area contributed by atoms with Crippen LogP contribution in [0, 0.1) is 5.92 Å². The topological polar surface area (TPSA) is 102 Å². The number of fused-ring (bicyclic) bond motifs is 1. The van der Waals surface area contributed by atoms with Crippen LogP contribution in [0.4, 0.5) is 5.69 Å². The van der Waals surface area contributed by atoms with Crippen molar-refractivity contribution in [3.05, 3.63) is 18.2 Å². The average Bonchev–Trinajstić information content (AvgIpc) is 2.58. The number of anilines is 1. The molecule has 0 radical (unpaired) electrons. The van der Waals surface area contributed by atoms with Gasteiger partial charge in [-0.1, -0.05) is 6.92 Å². The molecule has 2 aromatic rings. The molecule has 1 atom stereocenters. The van der Waals surface area contributed by atoms with Gasteiger partial charge in [-0.25, -0.2) is 9.97 Å². The van der Waals surface area contributed by atoms with Gasteiger partial charge in [0.1, 0.15) is 5.52 Å². The van der Waals surface area contributed by atoms with Crippen molar-refractivity contribution >= 4 is 22.9 Å². The Balaban J connectivity index is 2.29. The van der Waals surface area contributed by atoms with E-state index >= 15 is 0 Å². The van der Waals surface area contributed by atoms with Crippen molar-refractivity contribution in [1.82, 2.24) is 9.97 Å². The first-order valence-corrected chi connectivity index (χ1v) is 4.80. The minimum Gasteiger partial charge on any atom is -0.481 e. The molecule has 16 heavy (non-hydrogen) atoms. The number of aliphatic carboxylic acids is 1. The van der Waals surface area contributed by atoms with Crippen LogP contribution in [0.5, 0.6) is 0 Å². The van der Waals surface area contributed by atoms with E-state index < -0.39 is 11.9 Å². The fraction of sp³-hybridized carbons (Fsp3) is 0.300. The zero-order valence-corrected chi connectivity index (χ0v) is 8.67. The van der Waals surface area contributed by atoms with Crippen molar-refractivity contribution in [2.75, 3.05) is 5.73 Å². The van der Waals surface area contributed by atoms with Crippen molar-refractivity contribution in [1.29, 1.82) is 0 Å². The lowest BCUT2D eigenvalue weighted by molar-refractivity contribution is -0.141. The van der Waals surface area contributed by atoms with Crippen LogP contribution in [-0.4, -0.2) is 21.0 Å². The van der Waals surface area contributed by atoms with Crippen LogP contribution in [0.1, 0.15) is 12.8 Å².